The zero-order chi connectivity index (χ0) is 48.2. The van der Waals surface area contributed by atoms with E-state index in [4.69, 9.17) is 20.9 Å². The van der Waals surface area contributed by atoms with E-state index in [-0.39, 0.29) is 41.9 Å². The second-order valence-corrected chi connectivity index (χ2v) is 18.6. The largest absolute Gasteiger partial charge is 0.456 e. The number of ketones is 1. The second-order valence-electron chi connectivity index (χ2n) is 18.6. The number of unbranched alkanes of at least 4 members (excludes halogenated alkanes) is 3. The molecule has 5 aromatic carbocycles. The van der Waals surface area contributed by atoms with Crippen LogP contribution in [-0.2, 0) is 32.9 Å². The lowest BCUT2D eigenvalue weighted by atomic mass is 9.77. The zero-order valence-electron chi connectivity index (χ0n) is 39.4. The van der Waals surface area contributed by atoms with Crippen LogP contribution >= 0.6 is 0 Å². The van der Waals surface area contributed by atoms with Crippen LogP contribution in [0, 0.1) is 11.8 Å². The highest BCUT2D eigenvalue weighted by Gasteiger charge is 2.54. The summed E-state index contributed by atoms with van der Waals surface area (Å²) in [6, 6.07) is 33.2. The summed E-state index contributed by atoms with van der Waals surface area (Å²) < 4.78 is 14.3. The topological polar surface area (TPSA) is 188 Å². The third-order valence-corrected chi connectivity index (χ3v) is 14.1. The monoisotopic (exact) mass is 928 g/mol. The summed E-state index contributed by atoms with van der Waals surface area (Å²) >= 11 is 0. The Morgan fingerprint density at radius 1 is 0.739 bits per heavy atom. The molecule has 0 unspecified atom stereocenters. The predicted molar refractivity (Wildman–Crippen MR) is 268 cm³/mol. The van der Waals surface area contributed by atoms with Gasteiger partial charge in [0.05, 0.1) is 11.3 Å². The Kier molecular flexibility index (Phi) is 13.6. The highest BCUT2D eigenvalue weighted by molar-refractivity contribution is 6.03. The lowest BCUT2D eigenvalue weighted by molar-refractivity contribution is -0.126. The van der Waals surface area contributed by atoms with Crippen molar-refractivity contribution in [3.8, 4) is 11.5 Å². The first kappa shape index (κ1) is 46.7. The Balaban J connectivity index is 0.716. The third kappa shape index (κ3) is 9.42. The maximum atomic E-state index is 14.0. The van der Waals surface area contributed by atoms with Gasteiger partial charge < -0.3 is 41.0 Å². The molecule has 1 aromatic heterocycles. The van der Waals surface area contributed by atoms with Gasteiger partial charge in [-0.15, -0.1) is 0 Å². The molecular formula is C56H60N6O7. The molecule has 9 rings (SSSR count). The van der Waals surface area contributed by atoms with Crippen molar-refractivity contribution in [1.82, 2.24) is 15.2 Å². The molecule has 69 heavy (non-hydrogen) atoms. The molecule has 0 saturated heterocycles. The first-order chi connectivity index (χ1) is 33.5. The number of rotatable bonds is 17. The van der Waals surface area contributed by atoms with Crippen LogP contribution < -0.4 is 31.7 Å². The number of para-hydroxylation sites is 1. The van der Waals surface area contributed by atoms with Crippen molar-refractivity contribution < 1.29 is 33.4 Å². The zero-order valence-corrected chi connectivity index (χ0v) is 39.4. The second kappa shape index (κ2) is 20.0. The number of aryl methyl sites for hydroxylation is 1. The SMILES string of the molecule is CCc1cccc(N(CC)C(=O)Cn2c(C(=O)CC3CCC(C(=O)NCCCCCCNC(=O)c4ccc5c(c4)C4(OC5=O)c5ccc(N)cc5Oc5cc(N)ccc54)CC3)cc3ccccc32)c1. The first-order valence-electron chi connectivity index (χ1n) is 24.4. The van der Waals surface area contributed by atoms with E-state index < -0.39 is 11.6 Å². The highest BCUT2D eigenvalue weighted by Crippen LogP contribution is 2.56. The summed E-state index contributed by atoms with van der Waals surface area (Å²) in [5, 5.41) is 7.09. The fourth-order valence-electron chi connectivity index (χ4n) is 10.4. The Morgan fingerprint density at radius 3 is 2.13 bits per heavy atom. The lowest BCUT2D eigenvalue weighted by Gasteiger charge is -2.36. The molecule has 3 heterocycles. The molecule has 1 spiro atoms. The normalized spacial score (nSPS) is 16.5. The van der Waals surface area contributed by atoms with Gasteiger partial charge in [0.25, 0.3) is 5.91 Å². The summed E-state index contributed by atoms with van der Waals surface area (Å²) in [5.74, 6) is 0.240. The van der Waals surface area contributed by atoms with Crippen LogP contribution in [0.1, 0.15) is 125 Å². The van der Waals surface area contributed by atoms with Crippen molar-refractivity contribution in [2.45, 2.75) is 90.2 Å². The van der Waals surface area contributed by atoms with Crippen molar-refractivity contribution in [3.05, 3.63) is 148 Å². The third-order valence-electron chi connectivity index (χ3n) is 14.1. The van der Waals surface area contributed by atoms with Crippen LogP contribution in [0.25, 0.3) is 10.9 Å². The van der Waals surface area contributed by atoms with E-state index in [1.165, 1.54) is 0 Å². The smallest absolute Gasteiger partial charge is 0.340 e. The minimum absolute atomic E-state index is 0.0261. The number of fused-ring (bicyclic) bond motifs is 7. The molecule has 6 N–H and O–H groups in total. The van der Waals surface area contributed by atoms with Crippen LogP contribution in [0.5, 0.6) is 11.5 Å². The molecule has 1 saturated carbocycles. The van der Waals surface area contributed by atoms with E-state index in [0.29, 0.717) is 82.4 Å². The number of esters is 1. The average Bonchev–Trinajstić information content (AvgIpc) is 3.86. The van der Waals surface area contributed by atoms with Gasteiger partial charge in [-0.25, -0.2) is 4.79 Å². The summed E-state index contributed by atoms with van der Waals surface area (Å²) in [6.45, 7) is 5.71. The van der Waals surface area contributed by atoms with E-state index in [0.717, 1.165) is 79.9 Å². The number of amides is 3. The number of aromatic nitrogens is 1. The molecule has 2 aliphatic heterocycles. The molecule has 356 valence electrons. The number of Topliss-reactive ketones (excluding diaryl/α,β-unsaturated/α-hetero) is 1. The number of hydrogen-bond acceptors (Lipinski definition) is 9. The number of anilines is 3. The maximum absolute atomic E-state index is 14.0. The van der Waals surface area contributed by atoms with Crippen LogP contribution in [0.3, 0.4) is 0 Å². The Hall–Kier alpha value is -7.41. The van der Waals surface area contributed by atoms with Crippen LogP contribution in [-0.4, -0.2) is 53.7 Å². The van der Waals surface area contributed by atoms with E-state index in [2.05, 4.69) is 29.7 Å². The Bertz CT molecular complexity index is 2900. The van der Waals surface area contributed by atoms with Crippen molar-refractivity contribution in [2.24, 2.45) is 11.8 Å². The fourth-order valence-corrected chi connectivity index (χ4v) is 10.4. The predicted octanol–water partition coefficient (Wildman–Crippen LogP) is 9.48. The van der Waals surface area contributed by atoms with Gasteiger partial charge in [-0.1, -0.05) is 50.1 Å². The lowest BCUT2D eigenvalue weighted by Crippen LogP contribution is -2.35. The van der Waals surface area contributed by atoms with Gasteiger partial charge in [0, 0.05) is 94.3 Å². The van der Waals surface area contributed by atoms with E-state index in [1.54, 1.807) is 59.5 Å². The van der Waals surface area contributed by atoms with Gasteiger partial charge in [0.2, 0.25) is 11.8 Å². The van der Waals surface area contributed by atoms with Crippen LogP contribution in [0.15, 0.2) is 109 Å². The van der Waals surface area contributed by atoms with Gasteiger partial charge in [-0.2, -0.15) is 0 Å². The standard InChI is InChI=1S/C56H60N6O7/c1-3-35-12-11-14-42(28-35)61(4-2)52(64)34-62-47-15-8-7-13-38(47)31-48(62)49(63)29-36-16-18-37(19-17-36)53(65)59-26-9-5-6-10-27-60-54(66)39-20-23-43-46(30-39)56(69-55(43)67)44-24-21-40(57)32-50(44)68-51-33-41(58)22-25-45(51)56/h7-8,11-15,20-25,28,30-33,36-37H,3-6,9-10,16-19,26-27,29,34,57-58H2,1-2H3,(H,59,65)(H,60,66). The summed E-state index contributed by atoms with van der Waals surface area (Å²) in [7, 11) is 0. The van der Waals surface area contributed by atoms with Crippen LogP contribution in [0.2, 0.25) is 0 Å². The fraction of sp³-hybridized carbons (Fsp3) is 0.339. The van der Waals surface area contributed by atoms with Crippen molar-refractivity contribution >= 4 is 57.4 Å². The summed E-state index contributed by atoms with van der Waals surface area (Å²) in [5.41, 5.74) is 17.8. The molecule has 13 heteroatoms. The van der Waals surface area contributed by atoms with Crippen molar-refractivity contribution in [3.63, 3.8) is 0 Å². The van der Waals surface area contributed by atoms with E-state index in [9.17, 15) is 24.0 Å². The van der Waals surface area contributed by atoms with Gasteiger partial charge >= 0.3 is 5.97 Å². The number of likely N-dealkylation sites (N-methyl/N-ethyl adjacent to an activating group) is 1. The number of nitrogens with zero attached hydrogens (tertiary/aromatic N) is 2. The highest BCUT2D eigenvalue weighted by atomic mass is 16.6. The number of carbonyl (C=O) groups is 5. The molecule has 13 nitrogen and oxygen atoms in total. The van der Waals surface area contributed by atoms with E-state index in [1.807, 2.05) is 54.0 Å². The molecular weight excluding hydrogens is 869 g/mol. The van der Waals surface area contributed by atoms with E-state index >= 15 is 0 Å². The summed E-state index contributed by atoms with van der Waals surface area (Å²) in [6.07, 6.45) is 7.69. The molecule has 3 amide bonds. The van der Waals surface area contributed by atoms with Crippen LogP contribution in [0.4, 0.5) is 17.1 Å². The Morgan fingerprint density at radius 2 is 1.43 bits per heavy atom. The number of hydrogen-bond donors (Lipinski definition) is 4. The van der Waals surface area contributed by atoms with Gasteiger partial charge in [0.1, 0.15) is 18.0 Å². The number of carbonyl (C=O) groups excluding carboxylic acids is 5. The van der Waals surface area contributed by atoms with Gasteiger partial charge in [0.15, 0.2) is 11.4 Å². The molecule has 0 atom stereocenters. The molecule has 0 radical (unpaired) electrons. The summed E-state index contributed by atoms with van der Waals surface area (Å²) in [4.78, 5) is 69.6. The van der Waals surface area contributed by atoms with Gasteiger partial charge in [-0.3, -0.25) is 19.2 Å². The number of ether oxygens (including phenoxy) is 2. The average molecular weight is 929 g/mol. The quantitative estimate of drug-likeness (QED) is 0.0299. The molecule has 1 aliphatic carbocycles. The molecule has 3 aliphatic rings. The molecule has 6 aromatic rings. The number of nitrogens with two attached hydrogens (primary N) is 2. The minimum atomic E-state index is -1.35. The molecule has 1 fully saturated rings. The minimum Gasteiger partial charge on any atom is -0.456 e. The van der Waals surface area contributed by atoms with Crippen molar-refractivity contribution in [1.29, 1.82) is 0 Å². The maximum Gasteiger partial charge on any atom is 0.340 e. The first-order valence-corrected chi connectivity index (χ1v) is 24.4. The van der Waals surface area contributed by atoms with Crippen molar-refractivity contribution in [2.75, 3.05) is 36.0 Å². The molecule has 0 bridgehead atoms. The number of benzene rings is 5. The number of nitrogen functional groups attached to an aromatic ring is 2. The Labute approximate surface area is 402 Å². The van der Waals surface area contributed by atoms with Gasteiger partial charge in [-0.05, 0) is 130 Å². The number of nitrogens with one attached hydrogen (secondary N) is 2.